The molecule has 3 heteroatoms. The van der Waals surface area contributed by atoms with Crippen LogP contribution >= 0.6 is 11.6 Å². The van der Waals surface area contributed by atoms with E-state index in [0.717, 1.165) is 24.3 Å². The largest absolute Gasteiger partial charge is 0.330 e. The molecule has 0 atom stereocenters. The maximum absolute atomic E-state index is 13.0. The Morgan fingerprint density at radius 3 is 2.71 bits per heavy atom. The summed E-state index contributed by atoms with van der Waals surface area (Å²) in [4.78, 5) is 0. The van der Waals surface area contributed by atoms with E-state index in [2.05, 4.69) is 6.92 Å². The molecular formula is C14H19ClFN. The monoisotopic (exact) mass is 255 g/mol. The van der Waals surface area contributed by atoms with E-state index >= 15 is 0 Å². The molecule has 0 spiro atoms. The summed E-state index contributed by atoms with van der Waals surface area (Å²) in [5.74, 6) is 0.472. The van der Waals surface area contributed by atoms with Crippen LogP contribution in [0.5, 0.6) is 0 Å². The number of halogens is 2. The van der Waals surface area contributed by atoms with E-state index in [9.17, 15) is 4.39 Å². The molecule has 1 aliphatic carbocycles. The summed E-state index contributed by atoms with van der Waals surface area (Å²) in [7, 11) is 0. The molecule has 0 unspecified atom stereocenters. The minimum atomic E-state index is -0.282. The summed E-state index contributed by atoms with van der Waals surface area (Å²) in [5.41, 5.74) is 6.93. The summed E-state index contributed by atoms with van der Waals surface area (Å²) in [5, 5.41) is 0.519. The Kier molecular flexibility index (Phi) is 3.74. The molecule has 0 bridgehead atoms. The minimum absolute atomic E-state index is 0.00931. The van der Waals surface area contributed by atoms with Crippen LogP contribution < -0.4 is 5.73 Å². The van der Waals surface area contributed by atoms with Gasteiger partial charge in [0.1, 0.15) is 5.82 Å². The second kappa shape index (κ2) is 4.95. The first-order chi connectivity index (χ1) is 8.11. The fourth-order valence-electron chi connectivity index (χ4n) is 3.07. The lowest BCUT2D eigenvalue weighted by atomic mass is 9.57. The van der Waals surface area contributed by atoms with Crippen molar-refractivity contribution in [1.82, 2.24) is 0 Å². The summed E-state index contributed by atoms with van der Waals surface area (Å²) in [6, 6.07) is 4.67. The van der Waals surface area contributed by atoms with Crippen LogP contribution in [0.25, 0.3) is 0 Å². The minimum Gasteiger partial charge on any atom is -0.330 e. The number of hydrogen-bond donors (Lipinski definition) is 1. The number of rotatable bonds is 4. The lowest BCUT2D eigenvalue weighted by Gasteiger charge is -2.48. The van der Waals surface area contributed by atoms with Crippen molar-refractivity contribution in [2.45, 2.75) is 38.0 Å². The third-order valence-corrected chi connectivity index (χ3v) is 4.26. The zero-order valence-corrected chi connectivity index (χ0v) is 10.9. The molecule has 0 amide bonds. The van der Waals surface area contributed by atoms with Crippen molar-refractivity contribution < 1.29 is 4.39 Å². The fraction of sp³-hybridized carbons (Fsp3) is 0.571. The molecule has 1 saturated carbocycles. The quantitative estimate of drug-likeness (QED) is 0.868. The van der Waals surface area contributed by atoms with Gasteiger partial charge in [-0.25, -0.2) is 4.39 Å². The number of benzene rings is 1. The molecule has 2 rings (SSSR count). The van der Waals surface area contributed by atoms with Crippen molar-refractivity contribution in [3.05, 3.63) is 34.6 Å². The van der Waals surface area contributed by atoms with Gasteiger partial charge >= 0.3 is 0 Å². The van der Waals surface area contributed by atoms with Crippen LogP contribution in [0.2, 0.25) is 5.02 Å². The molecule has 1 aromatic carbocycles. The first kappa shape index (κ1) is 12.8. The van der Waals surface area contributed by atoms with Crippen LogP contribution in [0, 0.1) is 11.7 Å². The lowest BCUT2D eigenvalue weighted by molar-refractivity contribution is 0.139. The van der Waals surface area contributed by atoms with Gasteiger partial charge in [0.2, 0.25) is 0 Å². The number of nitrogens with two attached hydrogens (primary N) is 1. The average Bonchev–Trinajstić information content (AvgIpc) is 2.24. The second-order valence-electron chi connectivity index (χ2n) is 5.17. The highest BCUT2D eigenvalue weighted by molar-refractivity contribution is 6.31. The topological polar surface area (TPSA) is 26.0 Å². The second-order valence-corrected chi connectivity index (χ2v) is 5.58. The van der Waals surface area contributed by atoms with Gasteiger partial charge in [-0.15, -0.1) is 0 Å². The van der Waals surface area contributed by atoms with Crippen LogP contribution in [-0.2, 0) is 5.41 Å². The lowest BCUT2D eigenvalue weighted by Crippen LogP contribution is -2.47. The SMILES string of the molecule is CCCC1CC(CN)(c2ccc(F)cc2Cl)C1. The van der Waals surface area contributed by atoms with Crippen LogP contribution in [-0.4, -0.2) is 6.54 Å². The maximum atomic E-state index is 13.0. The molecule has 2 N–H and O–H groups in total. The van der Waals surface area contributed by atoms with Crippen molar-refractivity contribution in [3.63, 3.8) is 0 Å². The van der Waals surface area contributed by atoms with Crippen molar-refractivity contribution in [2.24, 2.45) is 11.7 Å². The van der Waals surface area contributed by atoms with Crippen LogP contribution in [0.4, 0.5) is 4.39 Å². The molecule has 1 aliphatic rings. The standard InChI is InChI=1S/C14H19ClFN/c1-2-3-10-7-14(8-10,9-17)12-5-4-11(16)6-13(12)15/h4-6,10H,2-3,7-9,17H2,1H3. The molecule has 0 radical (unpaired) electrons. The molecule has 0 saturated heterocycles. The third kappa shape index (κ3) is 2.34. The zero-order chi connectivity index (χ0) is 12.5. The summed E-state index contributed by atoms with van der Waals surface area (Å²) in [6.45, 7) is 2.80. The predicted octanol–water partition coefficient (Wildman–Crippen LogP) is 3.89. The highest BCUT2D eigenvalue weighted by Gasteiger charge is 2.44. The van der Waals surface area contributed by atoms with Gasteiger partial charge in [-0.1, -0.05) is 37.4 Å². The van der Waals surface area contributed by atoms with Gasteiger partial charge in [0.25, 0.3) is 0 Å². The van der Waals surface area contributed by atoms with Gasteiger partial charge in [0.05, 0.1) is 0 Å². The average molecular weight is 256 g/mol. The van der Waals surface area contributed by atoms with Crippen molar-refractivity contribution in [3.8, 4) is 0 Å². The van der Waals surface area contributed by atoms with Gasteiger partial charge in [0, 0.05) is 17.0 Å². The molecule has 17 heavy (non-hydrogen) atoms. The Morgan fingerprint density at radius 1 is 1.47 bits per heavy atom. The first-order valence-electron chi connectivity index (χ1n) is 6.27. The fourth-order valence-corrected chi connectivity index (χ4v) is 3.44. The van der Waals surface area contributed by atoms with Gasteiger partial charge in [0.15, 0.2) is 0 Å². The van der Waals surface area contributed by atoms with E-state index in [4.69, 9.17) is 17.3 Å². The Morgan fingerprint density at radius 2 is 2.18 bits per heavy atom. The van der Waals surface area contributed by atoms with E-state index in [1.807, 2.05) is 0 Å². The Labute approximate surface area is 107 Å². The van der Waals surface area contributed by atoms with Crippen LogP contribution in [0.15, 0.2) is 18.2 Å². The van der Waals surface area contributed by atoms with E-state index < -0.39 is 0 Å². The molecule has 1 fully saturated rings. The maximum Gasteiger partial charge on any atom is 0.124 e. The summed E-state index contributed by atoms with van der Waals surface area (Å²) >= 11 is 6.13. The molecular weight excluding hydrogens is 237 g/mol. The van der Waals surface area contributed by atoms with Gasteiger partial charge in [-0.05, 0) is 36.5 Å². The molecule has 94 valence electrons. The van der Waals surface area contributed by atoms with Crippen molar-refractivity contribution in [1.29, 1.82) is 0 Å². The summed E-state index contributed by atoms with van der Waals surface area (Å²) < 4.78 is 13.0. The smallest absolute Gasteiger partial charge is 0.124 e. The van der Waals surface area contributed by atoms with E-state index in [1.165, 1.54) is 25.0 Å². The highest BCUT2D eigenvalue weighted by atomic mass is 35.5. The predicted molar refractivity (Wildman–Crippen MR) is 69.8 cm³/mol. The van der Waals surface area contributed by atoms with E-state index in [1.54, 1.807) is 6.07 Å². The van der Waals surface area contributed by atoms with Crippen LogP contribution in [0.3, 0.4) is 0 Å². The first-order valence-corrected chi connectivity index (χ1v) is 6.64. The third-order valence-electron chi connectivity index (χ3n) is 3.95. The van der Waals surface area contributed by atoms with Crippen molar-refractivity contribution >= 4 is 11.6 Å². The molecule has 0 heterocycles. The molecule has 1 nitrogen and oxygen atoms in total. The number of hydrogen-bond acceptors (Lipinski definition) is 1. The van der Waals surface area contributed by atoms with E-state index in [0.29, 0.717) is 11.6 Å². The van der Waals surface area contributed by atoms with Gasteiger partial charge < -0.3 is 5.73 Å². The zero-order valence-electron chi connectivity index (χ0n) is 10.2. The Bertz CT molecular complexity index is 399. The Hall–Kier alpha value is -0.600. The summed E-state index contributed by atoms with van der Waals surface area (Å²) in [6.07, 6.45) is 4.63. The van der Waals surface area contributed by atoms with E-state index in [-0.39, 0.29) is 11.2 Å². The molecule has 1 aromatic rings. The normalized spacial score (nSPS) is 27.9. The molecule has 0 aromatic heterocycles. The van der Waals surface area contributed by atoms with Gasteiger partial charge in [-0.2, -0.15) is 0 Å². The van der Waals surface area contributed by atoms with Crippen LogP contribution in [0.1, 0.15) is 38.2 Å². The van der Waals surface area contributed by atoms with Crippen molar-refractivity contribution in [2.75, 3.05) is 6.54 Å². The Balaban J connectivity index is 2.20. The van der Waals surface area contributed by atoms with Gasteiger partial charge in [-0.3, -0.25) is 0 Å². The highest BCUT2D eigenvalue weighted by Crippen LogP contribution is 2.50. The molecule has 0 aliphatic heterocycles.